The maximum absolute atomic E-state index is 4.48. The molecule has 0 aromatic heterocycles. The van der Waals surface area contributed by atoms with Gasteiger partial charge < -0.3 is 0 Å². The number of rotatable bonds is 1. The number of allylic oxidation sites excluding steroid dienone is 2. The van der Waals surface area contributed by atoms with Gasteiger partial charge in [0.25, 0.3) is 0 Å². The van der Waals surface area contributed by atoms with Gasteiger partial charge in [-0.1, -0.05) is 19.4 Å². The van der Waals surface area contributed by atoms with Gasteiger partial charge in [0.15, 0.2) is 0 Å². The van der Waals surface area contributed by atoms with Crippen LogP contribution in [0.5, 0.6) is 0 Å². The van der Waals surface area contributed by atoms with Gasteiger partial charge in [0.2, 0.25) is 0 Å². The van der Waals surface area contributed by atoms with E-state index >= 15 is 0 Å². The Labute approximate surface area is 69.2 Å². The maximum atomic E-state index is 4.48. The first kappa shape index (κ1) is 8.51. The van der Waals surface area contributed by atoms with Gasteiger partial charge >= 0.3 is 0 Å². The highest BCUT2D eigenvalue weighted by molar-refractivity contribution is 5.95. The Morgan fingerprint density at radius 2 is 2.36 bits per heavy atom. The van der Waals surface area contributed by atoms with Crippen LogP contribution in [0.3, 0.4) is 0 Å². The van der Waals surface area contributed by atoms with E-state index in [2.05, 4.69) is 31.8 Å². The summed E-state index contributed by atoms with van der Waals surface area (Å²) < 4.78 is 0. The molecule has 0 aromatic carbocycles. The summed E-state index contributed by atoms with van der Waals surface area (Å²) in [6, 6.07) is 0. The SMILES string of the molecule is CCC1=NCCC(C)C(C)=C1. The lowest BCUT2D eigenvalue weighted by molar-refractivity contribution is 0.630. The van der Waals surface area contributed by atoms with Gasteiger partial charge in [-0.2, -0.15) is 0 Å². The van der Waals surface area contributed by atoms with Crippen molar-refractivity contribution >= 4 is 5.71 Å². The minimum atomic E-state index is 0.725. The summed E-state index contributed by atoms with van der Waals surface area (Å²) >= 11 is 0. The van der Waals surface area contributed by atoms with Crippen molar-refractivity contribution in [3.63, 3.8) is 0 Å². The quantitative estimate of drug-likeness (QED) is 0.546. The lowest BCUT2D eigenvalue weighted by Gasteiger charge is -2.06. The Bertz CT molecular complexity index is 189. The Hall–Kier alpha value is -0.590. The summed E-state index contributed by atoms with van der Waals surface area (Å²) in [4.78, 5) is 4.48. The predicted molar refractivity (Wildman–Crippen MR) is 50.1 cm³/mol. The molecule has 1 atom stereocenters. The summed E-state index contributed by atoms with van der Waals surface area (Å²) in [5.74, 6) is 0.725. The van der Waals surface area contributed by atoms with Crippen molar-refractivity contribution in [1.29, 1.82) is 0 Å². The van der Waals surface area contributed by atoms with Crippen molar-refractivity contribution in [3.8, 4) is 0 Å². The predicted octanol–water partition coefficient (Wildman–Crippen LogP) is 2.82. The first-order valence-electron chi connectivity index (χ1n) is 4.45. The summed E-state index contributed by atoms with van der Waals surface area (Å²) in [6.07, 6.45) is 4.54. The van der Waals surface area contributed by atoms with Gasteiger partial charge in [-0.05, 0) is 31.8 Å². The minimum absolute atomic E-state index is 0.725. The van der Waals surface area contributed by atoms with E-state index in [0.29, 0.717) is 0 Å². The Balaban J connectivity index is 2.74. The van der Waals surface area contributed by atoms with Crippen molar-refractivity contribution < 1.29 is 0 Å². The number of hydrogen-bond acceptors (Lipinski definition) is 1. The van der Waals surface area contributed by atoms with Gasteiger partial charge in [-0.25, -0.2) is 0 Å². The van der Waals surface area contributed by atoms with E-state index in [1.165, 1.54) is 17.7 Å². The van der Waals surface area contributed by atoms with E-state index in [-0.39, 0.29) is 0 Å². The molecule has 1 heteroatoms. The van der Waals surface area contributed by atoms with Crippen LogP contribution >= 0.6 is 0 Å². The van der Waals surface area contributed by atoms with E-state index in [4.69, 9.17) is 0 Å². The van der Waals surface area contributed by atoms with Gasteiger partial charge in [-0.3, -0.25) is 4.99 Å². The van der Waals surface area contributed by atoms with Crippen molar-refractivity contribution in [2.24, 2.45) is 10.9 Å². The molecule has 0 spiro atoms. The van der Waals surface area contributed by atoms with E-state index in [1.54, 1.807) is 0 Å². The van der Waals surface area contributed by atoms with Crippen LogP contribution in [-0.4, -0.2) is 12.3 Å². The zero-order chi connectivity index (χ0) is 8.27. The number of aliphatic imine (C=N–C) groups is 1. The van der Waals surface area contributed by atoms with Crippen LogP contribution in [0.25, 0.3) is 0 Å². The van der Waals surface area contributed by atoms with Gasteiger partial charge in [0.05, 0.1) is 0 Å². The molecular weight excluding hydrogens is 134 g/mol. The Morgan fingerprint density at radius 3 is 3.00 bits per heavy atom. The Kier molecular flexibility index (Phi) is 2.86. The van der Waals surface area contributed by atoms with Gasteiger partial charge in [-0.15, -0.1) is 0 Å². The molecule has 1 nitrogen and oxygen atoms in total. The molecule has 0 bridgehead atoms. The van der Waals surface area contributed by atoms with Crippen LogP contribution in [0.2, 0.25) is 0 Å². The molecule has 0 aliphatic carbocycles. The lowest BCUT2D eigenvalue weighted by Crippen LogP contribution is -1.96. The van der Waals surface area contributed by atoms with Crippen LogP contribution in [0.4, 0.5) is 0 Å². The van der Waals surface area contributed by atoms with Gasteiger partial charge in [0.1, 0.15) is 0 Å². The highest BCUT2D eigenvalue weighted by Gasteiger charge is 2.07. The molecule has 0 aromatic rings. The fourth-order valence-corrected chi connectivity index (χ4v) is 1.29. The molecule has 0 saturated carbocycles. The van der Waals surface area contributed by atoms with E-state index in [9.17, 15) is 0 Å². The zero-order valence-corrected chi connectivity index (χ0v) is 7.72. The summed E-state index contributed by atoms with van der Waals surface area (Å²) in [6.45, 7) is 7.66. The van der Waals surface area contributed by atoms with Gasteiger partial charge in [0, 0.05) is 12.3 Å². The molecule has 0 fully saturated rings. The average molecular weight is 151 g/mol. The minimum Gasteiger partial charge on any atom is -0.290 e. The smallest absolute Gasteiger partial charge is 0.0398 e. The van der Waals surface area contributed by atoms with Crippen LogP contribution in [0, 0.1) is 5.92 Å². The standard InChI is InChI=1S/C10H17N/c1-4-10-7-9(3)8(2)5-6-11-10/h7-8H,4-6H2,1-3H3. The molecule has 1 heterocycles. The fourth-order valence-electron chi connectivity index (χ4n) is 1.29. The van der Waals surface area contributed by atoms with Crippen LogP contribution in [-0.2, 0) is 0 Å². The lowest BCUT2D eigenvalue weighted by atomic mass is 9.99. The normalized spacial score (nSPS) is 25.5. The molecule has 1 unspecified atom stereocenters. The molecule has 0 amide bonds. The molecule has 1 aliphatic rings. The zero-order valence-electron chi connectivity index (χ0n) is 7.72. The third-order valence-electron chi connectivity index (χ3n) is 2.41. The average Bonchev–Trinajstić information content (AvgIpc) is 2.15. The van der Waals surface area contributed by atoms with E-state index in [0.717, 1.165) is 18.9 Å². The highest BCUT2D eigenvalue weighted by atomic mass is 14.7. The summed E-state index contributed by atoms with van der Waals surface area (Å²) in [7, 11) is 0. The maximum Gasteiger partial charge on any atom is 0.0398 e. The second kappa shape index (κ2) is 3.70. The number of nitrogens with zero attached hydrogens (tertiary/aromatic N) is 1. The molecule has 1 aliphatic heterocycles. The fraction of sp³-hybridized carbons (Fsp3) is 0.700. The second-order valence-electron chi connectivity index (χ2n) is 3.30. The number of hydrogen-bond donors (Lipinski definition) is 0. The Morgan fingerprint density at radius 1 is 1.64 bits per heavy atom. The molecule has 0 N–H and O–H groups in total. The third-order valence-corrected chi connectivity index (χ3v) is 2.41. The first-order chi connectivity index (χ1) is 5.24. The summed E-state index contributed by atoms with van der Waals surface area (Å²) in [5, 5.41) is 0. The van der Waals surface area contributed by atoms with Crippen molar-refractivity contribution in [1.82, 2.24) is 0 Å². The highest BCUT2D eigenvalue weighted by Crippen LogP contribution is 2.17. The third kappa shape index (κ3) is 2.18. The summed E-state index contributed by atoms with van der Waals surface area (Å²) in [5.41, 5.74) is 2.76. The monoisotopic (exact) mass is 151 g/mol. The van der Waals surface area contributed by atoms with Crippen molar-refractivity contribution in [2.45, 2.75) is 33.6 Å². The topological polar surface area (TPSA) is 12.4 Å². The van der Waals surface area contributed by atoms with Crippen LogP contribution < -0.4 is 0 Å². The van der Waals surface area contributed by atoms with Crippen LogP contribution in [0.15, 0.2) is 16.6 Å². The largest absolute Gasteiger partial charge is 0.290 e. The molecule has 1 rings (SSSR count). The molecular formula is C10H17N. The molecule has 0 radical (unpaired) electrons. The van der Waals surface area contributed by atoms with Crippen molar-refractivity contribution in [3.05, 3.63) is 11.6 Å². The first-order valence-corrected chi connectivity index (χ1v) is 4.45. The van der Waals surface area contributed by atoms with E-state index in [1.807, 2.05) is 0 Å². The van der Waals surface area contributed by atoms with Crippen molar-refractivity contribution in [2.75, 3.05) is 6.54 Å². The molecule has 11 heavy (non-hydrogen) atoms. The second-order valence-corrected chi connectivity index (χ2v) is 3.30. The van der Waals surface area contributed by atoms with E-state index < -0.39 is 0 Å². The molecule has 62 valence electrons. The molecule has 0 saturated heterocycles. The van der Waals surface area contributed by atoms with Crippen LogP contribution in [0.1, 0.15) is 33.6 Å².